The third kappa shape index (κ3) is 3.70. The normalized spacial score (nSPS) is 24.2. The zero-order chi connectivity index (χ0) is 20.5. The Morgan fingerprint density at radius 2 is 1.97 bits per heavy atom. The summed E-state index contributed by atoms with van der Waals surface area (Å²) < 4.78 is 6.96. The van der Waals surface area contributed by atoms with E-state index in [1.54, 1.807) is 24.3 Å². The highest BCUT2D eigenvalue weighted by molar-refractivity contribution is 8.00. The number of ether oxygens (including phenoxy) is 1. The largest absolute Gasteiger partial charge is 0.394 e. The van der Waals surface area contributed by atoms with Crippen molar-refractivity contribution in [2.45, 2.75) is 29.6 Å². The molecule has 0 spiro atoms. The van der Waals surface area contributed by atoms with Crippen LogP contribution < -0.4 is 5.73 Å². The second-order valence-electron chi connectivity index (χ2n) is 6.52. The van der Waals surface area contributed by atoms with Crippen molar-refractivity contribution in [3.05, 3.63) is 42.2 Å². The van der Waals surface area contributed by atoms with Crippen LogP contribution in [0.25, 0.3) is 11.2 Å². The molecule has 4 rings (SSSR count). The molecule has 10 nitrogen and oxygen atoms in total. The number of fused-ring (bicyclic) bond motifs is 1. The van der Waals surface area contributed by atoms with E-state index in [-0.39, 0.29) is 17.5 Å². The van der Waals surface area contributed by atoms with Gasteiger partial charge in [0.25, 0.3) is 0 Å². The second kappa shape index (κ2) is 8.05. The predicted octanol–water partition coefficient (Wildman–Crippen LogP) is -0.00500. The number of rotatable bonds is 6. The van der Waals surface area contributed by atoms with E-state index in [1.165, 1.54) is 22.7 Å². The maximum Gasteiger partial charge on any atom is 0.223 e. The van der Waals surface area contributed by atoms with E-state index in [9.17, 15) is 20.1 Å². The van der Waals surface area contributed by atoms with Gasteiger partial charge < -0.3 is 25.8 Å². The highest BCUT2D eigenvalue weighted by Gasteiger charge is 2.44. The van der Waals surface area contributed by atoms with E-state index >= 15 is 0 Å². The van der Waals surface area contributed by atoms with Gasteiger partial charge in [0, 0.05) is 5.56 Å². The highest BCUT2D eigenvalue weighted by Crippen LogP contribution is 2.33. The van der Waals surface area contributed by atoms with Crippen LogP contribution in [-0.4, -0.2) is 71.3 Å². The molecule has 3 heterocycles. The topological polar surface area (TPSA) is 157 Å². The minimum absolute atomic E-state index is 0.0272. The Morgan fingerprint density at radius 3 is 2.66 bits per heavy atom. The Balaban J connectivity index is 1.61. The van der Waals surface area contributed by atoms with Gasteiger partial charge in [-0.25, -0.2) is 9.97 Å². The molecule has 3 aromatic rings. The highest BCUT2D eigenvalue weighted by atomic mass is 32.2. The first kappa shape index (κ1) is 19.7. The van der Waals surface area contributed by atoms with Crippen molar-refractivity contribution in [3.63, 3.8) is 0 Å². The molecule has 0 bridgehead atoms. The van der Waals surface area contributed by atoms with Gasteiger partial charge in [-0.2, -0.15) is 4.98 Å². The van der Waals surface area contributed by atoms with Crippen LogP contribution in [0.4, 0.5) is 5.95 Å². The lowest BCUT2D eigenvalue weighted by Crippen LogP contribution is -2.33. The minimum Gasteiger partial charge on any atom is -0.394 e. The molecule has 1 fully saturated rings. The second-order valence-corrected chi connectivity index (χ2v) is 7.48. The van der Waals surface area contributed by atoms with E-state index in [4.69, 9.17) is 10.5 Å². The summed E-state index contributed by atoms with van der Waals surface area (Å²) in [4.78, 5) is 25.0. The predicted molar refractivity (Wildman–Crippen MR) is 104 cm³/mol. The van der Waals surface area contributed by atoms with Gasteiger partial charge in [-0.3, -0.25) is 9.36 Å². The van der Waals surface area contributed by atoms with Gasteiger partial charge in [-0.05, 0) is 0 Å². The number of hydrogen-bond acceptors (Lipinski definition) is 10. The first-order valence-corrected chi connectivity index (χ1v) is 9.81. The smallest absolute Gasteiger partial charge is 0.223 e. The van der Waals surface area contributed by atoms with Crippen molar-refractivity contribution in [1.82, 2.24) is 19.5 Å². The summed E-state index contributed by atoms with van der Waals surface area (Å²) in [5.41, 5.74) is 7.11. The molecule has 1 aliphatic heterocycles. The molecule has 0 aliphatic carbocycles. The van der Waals surface area contributed by atoms with Crippen molar-refractivity contribution < 1.29 is 24.9 Å². The Hall–Kier alpha value is -2.57. The third-order valence-corrected chi connectivity index (χ3v) is 5.60. The fourth-order valence-corrected chi connectivity index (χ4v) is 4.02. The van der Waals surface area contributed by atoms with Crippen LogP contribution in [-0.2, 0) is 4.74 Å². The first-order chi connectivity index (χ1) is 14.0. The number of aliphatic hydroxyl groups excluding tert-OH is 3. The Morgan fingerprint density at radius 1 is 1.21 bits per heavy atom. The average Bonchev–Trinajstić information content (AvgIpc) is 3.27. The van der Waals surface area contributed by atoms with Crippen LogP contribution in [0.1, 0.15) is 16.6 Å². The standard InChI is InChI=1S/C18H19N5O5S/c19-18-21-15-12(16(22-18)29-7-10(25)9-4-2-1-3-5-9)20-8-23(15)17-14(27)13(26)11(6-24)28-17/h1-5,8,11,13-14,17,24,26-27H,6-7H2,(H2,19,21,22)/t11-,13+,14+,17+/m0/s1. The van der Waals surface area contributed by atoms with E-state index in [1.807, 2.05) is 6.07 Å². The number of benzene rings is 1. The molecule has 0 radical (unpaired) electrons. The number of aromatic nitrogens is 4. The lowest BCUT2D eigenvalue weighted by molar-refractivity contribution is -0.0511. The number of aliphatic hydroxyl groups is 3. The van der Waals surface area contributed by atoms with Gasteiger partial charge in [-0.15, -0.1) is 0 Å². The first-order valence-electron chi connectivity index (χ1n) is 8.83. The number of anilines is 1. The number of ketones is 1. The molecule has 1 saturated heterocycles. The zero-order valence-corrected chi connectivity index (χ0v) is 15.9. The number of carbonyl (C=O) groups is 1. The summed E-state index contributed by atoms with van der Waals surface area (Å²) in [6.45, 7) is -0.443. The molecule has 1 aromatic carbocycles. The number of hydrogen-bond donors (Lipinski definition) is 4. The summed E-state index contributed by atoms with van der Waals surface area (Å²) >= 11 is 1.18. The molecule has 152 valence electrons. The molecule has 29 heavy (non-hydrogen) atoms. The van der Waals surface area contributed by atoms with Crippen LogP contribution in [0.3, 0.4) is 0 Å². The van der Waals surface area contributed by atoms with Gasteiger partial charge in [0.15, 0.2) is 17.7 Å². The van der Waals surface area contributed by atoms with Crippen LogP contribution in [0.15, 0.2) is 41.7 Å². The maximum atomic E-state index is 12.4. The van der Waals surface area contributed by atoms with Crippen molar-refractivity contribution >= 4 is 34.7 Å². The van der Waals surface area contributed by atoms with Crippen LogP contribution in [0, 0.1) is 0 Å². The van der Waals surface area contributed by atoms with E-state index in [2.05, 4.69) is 15.0 Å². The quantitative estimate of drug-likeness (QED) is 0.244. The Labute approximate surface area is 169 Å². The molecule has 1 aliphatic rings. The molecule has 5 N–H and O–H groups in total. The molecular weight excluding hydrogens is 398 g/mol. The van der Waals surface area contributed by atoms with Gasteiger partial charge in [-0.1, -0.05) is 42.1 Å². The molecule has 11 heteroatoms. The van der Waals surface area contributed by atoms with Gasteiger partial charge in [0.2, 0.25) is 5.95 Å². The summed E-state index contributed by atoms with van der Waals surface area (Å²) in [7, 11) is 0. The SMILES string of the molecule is Nc1nc(SCC(=O)c2ccccc2)c2ncn([C@@H]3O[C@@H](CO)[C@@H](O)[C@H]3O)c2n1. The molecule has 4 atom stereocenters. The number of nitrogen functional groups attached to an aromatic ring is 1. The molecule has 2 aromatic heterocycles. The number of nitrogens with zero attached hydrogens (tertiary/aromatic N) is 4. The Bertz CT molecular complexity index is 1030. The molecule has 0 saturated carbocycles. The minimum atomic E-state index is -1.28. The van der Waals surface area contributed by atoms with Crippen molar-refractivity contribution in [1.29, 1.82) is 0 Å². The van der Waals surface area contributed by atoms with Gasteiger partial charge in [0.05, 0.1) is 18.7 Å². The number of nitrogens with two attached hydrogens (primary N) is 1. The fraction of sp³-hybridized carbons (Fsp3) is 0.333. The molecule has 0 unspecified atom stereocenters. The monoisotopic (exact) mass is 417 g/mol. The van der Waals surface area contributed by atoms with Crippen LogP contribution in [0.5, 0.6) is 0 Å². The van der Waals surface area contributed by atoms with E-state index in [0.29, 0.717) is 21.8 Å². The summed E-state index contributed by atoms with van der Waals surface area (Å²) in [6.07, 6.45) is -3.06. The van der Waals surface area contributed by atoms with Gasteiger partial charge in [0.1, 0.15) is 28.9 Å². The third-order valence-electron chi connectivity index (χ3n) is 4.63. The van der Waals surface area contributed by atoms with Crippen LogP contribution >= 0.6 is 11.8 Å². The van der Waals surface area contributed by atoms with E-state index < -0.39 is 31.1 Å². The molecule has 0 amide bonds. The van der Waals surface area contributed by atoms with E-state index in [0.717, 1.165) is 0 Å². The maximum absolute atomic E-state index is 12.4. The van der Waals surface area contributed by atoms with Crippen molar-refractivity contribution in [3.8, 4) is 0 Å². The summed E-state index contributed by atoms with van der Waals surface area (Å²) in [6, 6.07) is 8.90. The lowest BCUT2D eigenvalue weighted by atomic mass is 10.1. The fourth-order valence-electron chi connectivity index (χ4n) is 3.14. The van der Waals surface area contributed by atoms with Crippen molar-refractivity contribution in [2.75, 3.05) is 18.1 Å². The lowest BCUT2D eigenvalue weighted by Gasteiger charge is -2.16. The number of carbonyl (C=O) groups excluding carboxylic acids is 1. The van der Waals surface area contributed by atoms with Crippen molar-refractivity contribution in [2.24, 2.45) is 0 Å². The number of imidazole rings is 1. The average molecular weight is 417 g/mol. The number of thioether (sulfide) groups is 1. The number of Topliss-reactive ketones (excluding diaryl/α,β-unsaturated/α-hetero) is 1. The van der Waals surface area contributed by atoms with Gasteiger partial charge >= 0.3 is 0 Å². The van der Waals surface area contributed by atoms with Crippen LogP contribution in [0.2, 0.25) is 0 Å². The zero-order valence-electron chi connectivity index (χ0n) is 15.1. The molecular formula is C18H19N5O5S. The Kier molecular flexibility index (Phi) is 5.48. The summed E-state index contributed by atoms with van der Waals surface area (Å²) in [5, 5.41) is 30.0. The summed E-state index contributed by atoms with van der Waals surface area (Å²) in [5.74, 6) is 0.0421.